The Morgan fingerprint density at radius 3 is 2.93 bits per heavy atom. The Morgan fingerprint density at radius 1 is 1.60 bits per heavy atom. The van der Waals surface area contributed by atoms with Gasteiger partial charge in [-0.1, -0.05) is 12.1 Å². The molecule has 0 fully saturated rings. The molecule has 0 aromatic heterocycles. The number of hydrogen-bond acceptors (Lipinski definition) is 3. The smallest absolute Gasteiger partial charge is 0.251 e. The van der Waals surface area contributed by atoms with Gasteiger partial charge in [-0.05, 0) is 24.6 Å². The van der Waals surface area contributed by atoms with Crippen molar-refractivity contribution in [3.63, 3.8) is 0 Å². The summed E-state index contributed by atoms with van der Waals surface area (Å²) in [6.07, 6.45) is -0.709. The summed E-state index contributed by atoms with van der Waals surface area (Å²) in [4.78, 5) is 11.5. The van der Waals surface area contributed by atoms with Gasteiger partial charge in [-0.2, -0.15) is 0 Å². The molecule has 4 N–H and O–H groups in total. The Kier molecular flexibility index (Phi) is 4.27. The first-order chi connectivity index (χ1) is 7.19. The van der Waals surface area contributed by atoms with Gasteiger partial charge in [-0.15, -0.1) is 0 Å². The van der Waals surface area contributed by atoms with E-state index in [1.807, 2.05) is 6.92 Å². The van der Waals surface area contributed by atoms with E-state index in [2.05, 4.69) is 5.32 Å². The molecule has 4 heteroatoms. The first-order valence-corrected chi connectivity index (χ1v) is 4.95. The highest BCUT2D eigenvalue weighted by molar-refractivity contribution is 5.94. The van der Waals surface area contributed by atoms with Crippen molar-refractivity contribution in [2.45, 2.75) is 13.0 Å². The summed E-state index contributed by atoms with van der Waals surface area (Å²) in [5.74, 6) is -0.136. The van der Waals surface area contributed by atoms with Crippen LogP contribution in [0.5, 0.6) is 0 Å². The Hall–Kier alpha value is -1.39. The van der Waals surface area contributed by atoms with Crippen LogP contribution in [0.25, 0.3) is 0 Å². The molecule has 0 saturated heterocycles. The van der Waals surface area contributed by atoms with Gasteiger partial charge < -0.3 is 16.2 Å². The van der Waals surface area contributed by atoms with Crippen LogP contribution in [-0.4, -0.2) is 24.1 Å². The lowest BCUT2D eigenvalue weighted by Gasteiger charge is -2.09. The second-order valence-corrected chi connectivity index (χ2v) is 3.24. The van der Waals surface area contributed by atoms with Crippen LogP contribution in [0.3, 0.4) is 0 Å². The number of aliphatic hydroxyl groups is 1. The summed E-state index contributed by atoms with van der Waals surface area (Å²) in [5, 5.41) is 12.2. The van der Waals surface area contributed by atoms with E-state index in [4.69, 9.17) is 5.73 Å². The zero-order valence-corrected chi connectivity index (χ0v) is 8.73. The molecule has 1 aromatic carbocycles. The molecule has 1 aromatic rings. The van der Waals surface area contributed by atoms with Crippen LogP contribution in [0.2, 0.25) is 0 Å². The van der Waals surface area contributed by atoms with Gasteiger partial charge in [0.15, 0.2) is 0 Å². The highest BCUT2D eigenvalue weighted by Gasteiger charge is 2.08. The molecule has 0 aliphatic heterocycles. The predicted molar refractivity (Wildman–Crippen MR) is 58.5 cm³/mol. The first kappa shape index (κ1) is 11.7. The number of carbonyl (C=O) groups is 1. The number of nitrogens with one attached hydrogen (secondary N) is 1. The van der Waals surface area contributed by atoms with Crippen LogP contribution in [0.15, 0.2) is 24.3 Å². The van der Waals surface area contributed by atoms with E-state index in [1.54, 1.807) is 24.3 Å². The van der Waals surface area contributed by atoms with Gasteiger partial charge in [0.2, 0.25) is 0 Å². The van der Waals surface area contributed by atoms with Crippen LogP contribution in [0.1, 0.15) is 28.9 Å². The van der Waals surface area contributed by atoms with E-state index in [0.717, 1.165) is 0 Å². The minimum Gasteiger partial charge on any atom is -0.387 e. The molecule has 1 unspecified atom stereocenters. The lowest BCUT2D eigenvalue weighted by atomic mass is 10.1. The number of benzene rings is 1. The van der Waals surface area contributed by atoms with Gasteiger partial charge in [0.1, 0.15) is 0 Å². The van der Waals surface area contributed by atoms with E-state index in [1.165, 1.54) is 0 Å². The van der Waals surface area contributed by atoms with Crippen LogP contribution in [0, 0.1) is 0 Å². The maximum atomic E-state index is 11.5. The molecule has 0 saturated carbocycles. The second kappa shape index (κ2) is 5.48. The van der Waals surface area contributed by atoms with Gasteiger partial charge >= 0.3 is 0 Å². The third-order valence-electron chi connectivity index (χ3n) is 2.09. The molecule has 0 aliphatic rings. The van der Waals surface area contributed by atoms with Gasteiger partial charge in [-0.25, -0.2) is 0 Å². The fourth-order valence-electron chi connectivity index (χ4n) is 1.29. The third kappa shape index (κ3) is 3.04. The maximum absolute atomic E-state index is 11.5. The van der Waals surface area contributed by atoms with Crippen molar-refractivity contribution in [3.8, 4) is 0 Å². The summed E-state index contributed by atoms with van der Waals surface area (Å²) in [6, 6.07) is 6.85. The normalized spacial score (nSPS) is 12.2. The van der Waals surface area contributed by atoms with Crippen molar-refractivity contribution < 1.29 is 9.90 Å². The minimum absolute atomic E-state index is 0.136. The Bertz CT molecular complexity index is 339. The average molecular weight is 208 g/mol. The van der Waals surface area contributed by atoms with Crippen LogP contribution in [0.4, 0.5) is 0 Å². The van der Waals surface area contributed by atoms with E-state index in [0.29, 0.717) is 17.7 Å². The minimum atomic E-state index is -0.709. The molecule has 15 heavy (non-hydrogen) atoms. The van der Waals surface area contributed by atoms with Crippen molar-refractivity contribution >= 4 is 5.91 Å². The summed E-state index contributed by atoms with van der Waals surface area (Å²) in [6.45, 7) is 2.60. The topological polar surface area (TPSA) is 75.3 Å². The van der Waals surface area contributed by atoms with Crippen molar-refractivity contribution in [1.29, 1.82) is 0 Å². The van der Waals surface area contributed by atoms with Crippen molar-refractivity contribution in [3.05, 3.63) is 35.4 Å². The molecule has 1 amide bonds. The van der Waals surface area contributed by atoms with Crippen LogP contribution in [-0.2, 0) is 0 Å². The van der Waals surface area contributed by atoms with Gasteiger partial charge in [0, 0.05) is 18.7 Å². The maximum Gasteiger partial charge on any atom is 0.251 e. The van der Waals surface area contributed by atoms with Gasteiger partial charge in [-0.3, -0.25) is 4.79 Å². The number of hydrogen-bond donors (Lipinski definition) is 3. The molecule has 82 valence electrons. The first-order valence-electron chi connectivity index (χ1n) is 4.95. The predicted octanol–water partition coefficient (Wildman–Crippen LogP) is 0.428. The van der Waals surface area contributed by atoms with E-state index < -0.39 is 6.10 Å². The lowest BCUT2D eigenvalue weighted by Crippen LogP contribution is -2.23. The van der Waals surface area contributed by atoms with Crippen LogP contribution < -0.4 is 11.1 Å². The fourth-order valence-corrected chi connectivity index (χ4v) is 1.29. The molecule has 0 aliphatic carbocycles. The highest BCUT2D eigenvalue weighted by Crippen LogP contribution is 2.13. The molecule has 0 spiro atoms. The van der Waals surface area contributed by atoms with Crippen LogP contribution >= 0.6 is 0 Å². The molecule has 4 nitrogen and oxygen atoms in total. The number of aliphatic hydroxyl groups excluding tert-OH is 1. The molecular weight excluding hydrogens is 192 g/mol. The van der Waals surface area contributed by atoms with Crippen molar-refractivity contribution in [1.82, 2.24) is 5.32 Å². The number of nitrogens with two attached hydrogens (primary N) is 1. The Labute approximate surface area is 89.1 Å². The Morgan fingerprint density at radius 2 is 2.33 bits per heavy atom. The highest BCUT2D eigenvalue weighted by atomic mass is 16.3. The SMILES string of the molecule is CCNC(=O)c1cccc(C(O)CN)c1. The van der Waals surface area contributed by atoms with Gasteiger partial charge in [0.25, 0.3) is 5.91 Å². The van der Waals surface area contributed by atoms with E-state index >= 15 is 0 Å². The molecular formula is C11H16N2O2. The number of amides is 1. The molecule has 1 atom stereocenters. The Balaban J connectivity index is 2.87. The molecule has 1 rings (SSSR count). The number of carbonyl (C=O) groups excluding carboxylic acids is 1. The summed E-state index contributed by atoms with van der Waals surface area (Å²) in [7, 11) is 0. The van der Waals surface area contributed by atoms with Crippen molar-refractivity contribution in [2.24, 2.45) is 5.73 Å². The molecule has 0 heterocycles. The summed E-state index contributed by atoms with van der Waals surface area (Å²) in [5.41, 5.74) is 6.55. The standard InChI is InChI=1S/C11H16N2O2/c1-2-13-11(15)9-5-3-4-8(6-9)10(14)7-12/h3-6,10,14H,2,7,12H2,1H3,(H,13,15). The third-order valence-corrected chi connectivity index (χ3v) is 2.09. The molecule has 0 bridgehead atoms. The zero-order chi connectivity index (χ0) is 11.3. The average Bonchev–Trinajstić information content (AvgIpc) is 2.28. The lowest BCUT2D eigenvalue weighted by molar-refractivity contribution is 0.0955. The quantitative estimate of drug-likeness (QED) is 0.671. The second-order valence-electron chi connectivity index (χ2n) is 3.24. The summed E-state index contributed by atoms with van der Waals surface area (Å²) < 4.78 is 0. The van der Waals surface area contributed by atoms with Gasteiger partial charge in [0.05, 0.1) is 6.10 Å². The van der Waals surface area contributed by atoms with Crippen molar-refractivity contribution in [2.75, 3.05) is 13.1 Å². The zero-order valence-electron chi connectivity index (χ0n) is 8.73. The largest absolute Gasteiger partial charge is 0.387 e. The monoisotopic (exact) mass is 208 g/mol. The van der Waals surface area contributed by atoms with E-state index in [-0.39, 0.29) is 12.5 Å². The molecule has 0 radical (unpaired) electrons. The fraction of sp³-hybridized carbons (Fsp3) is 0.364. The van der Waals surface area contributed by atoms with E-state index in [9.17, 15) is 9.90 Å². The number of rotatable bonds is 4. The summed E-state index contributed by atoms with van der Waals surface area (Å²) >= 11 is 0.